The molecule has 0 N–H and O–H groups in total. The van der Waals surface area contributed by atoms with Crippen molar-refractivity contribution in [3.8, 4) is 0 Å². The van der Waals surface area contributed by atoms with Crippen molar-refractivity contribution in [3.63, 3.8) is 0 Å². The molecular formula is C17H28O4S2. The van der Waals surface area contributed by atoms with Gasteiger partial charge in [-0.3, -0.25) is 4.79 Å². The molecule has 0 saturated heterocycles. The zero-order valence-corrected chi connectivity index (χ0v) is 17.2. The summed E-state index contributed by atoms with van der Waals surface area (Å²) in [4.78, 5) is 10.5. The summed E-state index contributed by atoms with van der Waals surface area (Å²) in [5, 5.41) is 0.259. The average molecular weight is 361 g/mol. The van der Waals surface area contributed by atoms with Gasteiger partial charge in [-0.25, -0.2) is 8.42 Å². The van der Waals surface area contributed by atoms with Crippen LogP contribution in [-0.4, -0.2) is 36.5 Å². The highest BCUT2D eigenvalue weighted by Crippen LogP contribution is 2.28. The summed E-state index contributed by atoms with van der Waals surface area (Å²) in [7, 11) is -4.12. The van der Waals surface area contributed by atoms with Gasteiger partial charge in [-0.2, -0.15) is 0 Å². The summed E-state index contributed by atoms with van der Waals surface area (Å²) in [6.07, 6.45) is 4.18. The van der Waals surface area contributed by atoms with Gasteiger partial charge in [-0.1, -0.05) is 0 Å². The van der Waals surface area contributed by atoms with Gasteiger partial charge in [0.25, 0.3) is 0 Å². The second-order valence-corrected chi connectivity index (χ2v) is 9.82. The van der Waals surface area contributed by atoms with Gasteiger partial charge in [0.1, 0.15) is 10.1 Å². The van der Waals surface area contributed by atoms with Gasteiger partial charge in [0.2, 0.25) is 0 Å². The first-order valence-corrected chi connectivity index (χ1v) is 10.8. The van der Waals surface area contributed by atoms with Crippen molar-refractivity contribution in [2.45, 2.75) is 58.6 Å². The lowest BCUT2D eigenvalue weighted by Crippen LogP contribution is -2.22. The molecule has 6 heteroatoms. The highest BCUT2D eigenvalue weighted by Gasteiger charge is 2.19. The van der Waals surface area contributed by atoms with Crippen molar-refractivity contribution < 1.29 is 17.8 Å². The highest BCUT2D eigenvalue weighted by molar-refractivity contribution is 7.96. The van der Waals surface area contributed by atoms with Crippen LogP contribution in [0, 0.1) is 34.6 Å². The van der Waals surface area contributed by atoms with Gasteiger partial charge in [0.05, 0.1) is 17.4 Å². The molecule has 1 aromatic carbocycles. The molecule has 0 aliphatic carbocycles. The predicted octanol–water partition coefficient (Wildman–Crippen LogP) is 2.97. The number of carbonyl (C=O) groups excluding carboxylic acids is 1. The number of benzene rings is 1. The van der Waals surface area contributed by atoms with Gasteiger partial charge in [-0.15, -0.1) is 0 Å². The fourth-order valence-corrected chi connectivity index (χ4v) is 3.89. The fraction of sp³-hybridized carbons (Fsp3) is 0.588. The topological polar surface area (TPSA) is 74.3 Å². The molecule has 0 saturated carbocycles. The summed E-state index contributed by atoms with van der Waals surface area (Å²) in [5.41, 5.74) is 3.97. The molecule has 0 amide bonds. The van der Waals surface area contributed by atoms with Crippen LogP contribution < -0.4 is 0 Å². The van der Waals surface area contributed by atoms with E-state index in [0.717, 1.165) is 16.7 Å². The van der Waals surface area contributed by atoms with Crippen LogP contribution in [0.15, 0.2) is 4.90 Å². The van der Waals surface area contributed by atoms with Crippen LogP contribution >= 0.6 is 0 Å². The second-order valence-electron chi connectivity index (χ2n) is 6.04. The molecule has 0 bridgehead atoms. The Balaban J connectivity index is 0.000000515. The molecule has 0 heterocycles. The van der Waals surface area contributed by atoms with Crippen LogP contribution in [0.25, 0.3) is 0 Å². The van der Waals surface area contributed by atoms with Gasteiger partial charge in [0, 0.05) is 0 Å². The normalized spacial score (nSPS) is 12.7. The number of ketones is 1. The molecule has 23 heavy (non-hydrogen) atoms. The average Bonchev–Trinajstić information content (AvgIpc) is 2.41. The van der Waals surface area contributed by atoms with Gasteiger partial charge in [0.15, 0.2) is 11.0 Å². The molecule has 4 nitrogen and oxygen atoms in total. The zero-order valence-electron chi connectivity index (χ0n) is 15.5. The predicted molar refractivity (Wildman–Crippen MR) is 97.4 cm³/mol. The number of hydrogen-bond donors (Lipinski definition) is 0. The molecule has 0 aromatic heterocycles. The molecule has 1 rings (SSSR count). The lowest BCUT2D eigenvalue weighted by Gasteiger charge is -2.20. The maximum atomic E-state index is 11.1. The van der Waals surface area contributed by atoms with Gasteiger partial charge in [-0.05, 0) is 87.2 Å². The van der Waals surface area contributed by atoms with Crippen LogP contribution in [0.5, 0.6) is 0 Å². The Morgan fingerprint density at radius 2 is 1.22 bits per heavy atom. The van der Waals surface area contributed by atoms with Crippen LogP contribution in [0.2, 0.25) is 0 Å². The zero-order chi connectivity index (χ0) is 18.7. The molecule has 0 fully saturated rings. The molecule has 0 aliphatic rings. The van der Waals surface area contributed by atoms with E-state index in [1.54, 1.807) is 20.8 Å². The lowest BCUT2D eigenvalue weighted by atomic mass is 9.95. The first kappa shape index (κ1) is 22.1. The molecule has 0 aliphatic heterocycles. The Kier molecular flexibility index (Phi) is 8.00. The third kappa shape index (κ3) is 5.62. The van der Waals surface area contributed by atoms with E-state index in [1.807, 2.05) is 27.7 Å². The SMILES string of the molecule is CC(=O)C(C)[S+](C)C.Cc1c(C)c(C)c(S(=O)(=O)[O-])c(C)c1C. The summed E-state index contributed by atoms with van der Waals surface area (Å²) >= 11 is 0. The Labute approximate surface area is 143 Å². The van der Waals surface area contributed by atoms with E-state index in [2.05, 4.69) is 12.5 Å². The number of carbonyl (C=O) groups is 1. The maximum Gasteiger partial charge on any atom is 0.181 e. The van der Waals surface area contributed by atoms with Crippen molar-refractivity contribution in [3.05, 3.63) is 27.8 Å². The summed E-state index contributed by atoms with van der Waals surface area (Å²) in [6.45, 7) is 12.6. The molecule has 1 aromatic rings. The Hall–Kier alpha value is -0.850. The fourth-order valence-electron chi connectivity index (χ4n) is 2.17. The monoisotopic (exact) mass is 360 g/mol. The molecule has 0 spiro atoms. The summed E-state index contributed by atoms with van der Waals surface area (Å²) < 4.78 is 33.4. The summed E-state index contributed by atoms with van der Waals surface area (Å²) in [6, 6.07) is 0. The van der Waals surface area contributed by atoms with Gasteiger partial charge >= 0.3 is 0 Å². The van der Waals surface area contributed by atoms with Crippen LogP contribution in [0.3, 0.4) is 0 Å². The van der Waals surface area contributed by atoms with E-state index in [9.17, 15) is 17.8 Å². The van der Waals surface area contributed by atoms with Crippen molar-refractivity contribution in [2.24, 2.45) is 0 Å². The smallest absolute Gasteiger partial charge is 0.181 e. The number of hydrogen-bond acceptors (Lipinski definition) is 4. The minimum atomic E-state index is -4.38. The van der Waals surface area contributed by atoms with E-state index in [0.29, 0.717) is 16.9 Å². The largest absolute Gasteiger partial charge is 0.744 e. The molecule has 132 valence electrons. The van der Waals surface area contributed by atoms with E-state index < -0.39 is 10.1 Å². The Morgan fingerprint density at radius 3 is 1.39 bits per heavy atom. The third-order valence-corrected chi connectivity index (χ3v) is 7.32. The van der Waals surface area contributed by atoms with E-state index in [1.165, 1.54) is 0 Å². The Morgan fingerprint density at radius 1 is 0.913 bits per heavy atom. The molecule has 1 unspecified atom stereocenters. The quantitative estimate of drug-likeness (QED) is 0.613. The maximum absolute atomic E-state index is 11.1. The van der Waals surface area contributed by atoms with Crippen LogP contribution in [-0.2, 0) is 25.8 Å². The standard InChI is InChI=1S/C11H16O3S.C6H13OS/c1-6-7(2)9(4)11(15(12,13)14)10(5)8(6)3;1-5(7)6(2)8(3)4/h1-5H3,(H,12,13,14);6H,1-4H3/q;+1/p-1. The first-order valence-electron chi connectivity index (χ1n) is 7.33. The summed E-state index contributed by atoms with van der Waals surface area (Å²) in [5.74, 6) is 0.304. The molecular weight excluding hydrogens is 332 g/mol. The number of Topliss-reactive ketones (excluding diaryl/α,β-unsaturated/α-hetero) is 1. The number of rotatable bonds is 3. The van der Waals surface area contributed by atoms with Crippen molar-refractivity contribution >= 4 is 26.8 Å². The Bertz CT molecular complexity index is 660. The van der Waals surface area contributed by atoms with Crippen molar-refractivity contribution in [2.75, 3.05) is 12.5 Å². The van der Waals surface area contributed by atoms with E-state index >= 15 is 0 Å². The molecule has 0 radical (unpaired) electrons. The molecule has 1 atom stereocenters. The minimum absolute atomic E-state index is 0.0527. The van der Waals surface area contributed by atoms with E-state index in [-0.39, 0.29) is 21.0 Å². The van der Waals surface area contributed by atoms with E-state index in [4.69, 9.17) is 0 Å². The second kappa shape index (κ2) is 8.31. The van der Waals surface area contributed by atoms with Crippen molar-refractivity contribution in [1.29, 1.82) is 0 Å². The lowest BCUT2D eigenvalue weighted by molar-refractivity contribution is -0.116. The first-order chi connectivity index (χ1) is 10.2. The van der Waals surface area contributed by atoms with Crippen LogP contribution in [0.1, 0.15) is 41.7 Å². The van der Waals surface area contributed by atoms with Crippen LogP contribution in [0.4, 0.5) is 0 Å². The van der Waals surface area contributed by atoms with Gasteiger partial charge < -0.3 is 4.55 Å². The van der Waals surface area contributed by atoms with Crippen molar-refractivity contribution in [1.82, 2.24) is 0 Å². The third-order valence-electron chi connectivity index (χ3n) is 4.46. The minimum Gasteiger partial charge on any atom is -0.744 e. The highest BCUT2D eigenvalue weighted by atomic mass is 32.2.